The molecule has 1 saturated heterocycles. The average molecular weight is 306 g/mol. The molecule has 1 aliphatic heterocycles. The van der Waals surface area contributed by atoms with Crippen molar-refractivity contribution in [3.8, 4) is 0 Å². The summed E-state index contributed by atoms with van der Waals surface area (Å²) in [5.41, 5.74) is -5.59. The van der Waals surface area contributed by atoms with Crippen LogP contribution in [0.2, 0.25) is 0 Å². The molecule has 1 rings (SSSR count). The molecule has 1 heterocycles. The van der Waals surface area contributed by atoms with Gasteiger partial charge in [0.2, 0.25) is 0 Å². The molecule has 0 saturated carbocycles. The Morgan fingerprint density at radius 1 is 1.47 bits per heavy atom. The molecule has 112 valence electrons. The van der Waals surface area contributed by atoms with Crippen LogP contribution in [0, 0.1) is 0 Å². The van der Waals surface area contributed by atoms with E-state index in [0.717, 1.165) is 7.11 Å². The lowest BCUT2D eigenvalue weighted by Crippen LogP contribution is -2.36. The van der Waals surface area contributed by atoms with Gasteiger partial charge < -0.3 is 9.47 Å². The van der Waals surface area contributed by atoms with Crippen LogP contribution in [-0.4, -0.2) is 45.8 Å². The molecule has 0 radical (unpaired) electrons. The van der Waals surface area contributed by atoms with Crippen molar-refractivity contribution in [3.63, 3.8) is 0 Å². The Kier molecular flexibility index (Phi) is 5.16. The van der Waals surface area contributed by atoms with Crippen LogP contribution >= 0.6 is 0 Å². The van der Waals surface area contributed by atoms with Crippen LogP contribution in [0.1, 0.15) is 19.3 Å². The summed E-state index contributed by atoms with van der Waals surface area (Å²) in [5, 5.41) is 0. The quantitative estimate of drug-likeness (QED) is 0.428. The van der Waals surface area contributed by atoms with E-state index in [4.69, 9.17) is 4.74 Å². The van der Waals surface area contributed by atoms with Gasteiger partial charge >= 0.3 is 21.6 Å². The van der Waals surface area contributed by atoms with Crippen LogP contribution in [-0.2, 0) is 28.6 Å². The van der Waals surface area contributed by atoms with E-state index < -0.39 is 33.8 Å². The third-order valence-electron chi connectivity index (χ3n) is 2.49. The predicted octanol–water partition coefficient (Wildman–Crippen LogP) is 0.963. The van der Waals surface area contributed by atoms with E-state index in [0.29, 0.717) is 19.4 Å². The zero-order chi connectivity index (χ0) is 14.7. The van der Waals surface area contributed by atoms with Gasteiger partial charge in [0.15, 0.2) is 6.10 Å². The minimum atomic E-state index is -5.85. The van der Waals surface area contributed by atoms with Gasteiger partial charge in [0, 0.05) is 13.0 Å². The molecule has 0 aliphatic carbocycles. The molecule has 0 amide bonds. The minimum Gasteiger partial charge on any atom is -0.467 e. The number of halogens is 3. The Hall–Kier alpha value is -0.870. The monoisotopic (exact) mass is 306 g/mol. The summed E-state index contributed by atoms with van der Waals surface area (Å²) in [6.07, 6.45) is -1.48. The van der Waals surface area contributed by atoms with Crippen LogP contribution in [0.15, 0.2) is 0 Å². The van der Waals surface area contributed by atoms with Gasteiger partial charge in [-0.3, -0.25) is 0 Å². The zero-order valence-corrected chi connectivity index (χ0v) is 10.8. The number of carbonyl (C=O) groups excluding carboxylic acids is 1. The summed E-state index contributed by atoms with van der Waals surface area (Å²) < 4.78 is 71.5. The van der Waals surface area contributed by atoms with Crippen molar-refractivity contribution in [2.75, 3.05) is 13.7 Å². The third-order valence-corrected chi connectivity index (χ3v) is 3.54. The highest BCUT2D eigenvalue weighted by Crippen LogP contribution is 2.28. The largest absolute Gasteiger partial charge is 0.523 e. The molecule has 0 unspecified atom stereocenters. The number of carbonyl (C=O) groups is 1. The van der Waals surface area contributed by atoms with Gasteiger partial charge in [-0.2, -0.15) is 21.6 Å². The molecular weight excluding hydrogens is 293 g/mol. The highest BCUT2D eigenvalue weighted by Gasteiger charge is 2.50. The van der Waals surface area contributed by atoms with Crippen LogP contribution < -0.4 is 0 Å². The van der Waals surface area contributed by atoms with Crippen LogP contribution in [0.4, 0.5) is 13.2 Å². The first kappa shape index (κ1) is 16.2. The molecule has 0 aromatic carbocycles. The van der Waals surface area contributed by atoms with Gasteiger partial charge in [0.25, 0.3) is 0 Å². The fourth-order valence-electron chi connectivity index (χ4n) is 1.58. The lowest BCUT2D eigenvalue weighted by Gasteiger charge is -2.19. The summed E-state index contributed by atoms with van der Waals surface area (Å²) in [7, 11) is -4.93. The summed E-state index contributed by atoms with van der Waals surface area (Å²) in [6, 6.07) is 0. The maximum atomic E-state index is 12.2. The van der Waals surface area contributed by atoms with E-state index in [-0.39, 0.29) is 6.42 Å². The minimum absolute atomic E-state index is 0.304. The summed E-state index contributed by atoms with van der Waals surface area (Å²) in [5.74, 6) is -1.19. The zero-order valence-electron chi connectivity index (χ0n) is 9.97. The van der Waals surface area contributed by atoms with Crippen molar-refractivity contribution in [2.24, 2.45) is 0 Å². The van der Waals surface area contributed by atoms with Crippen molar-refractivity contribution in [1.29, 1.82) is 0 Å². The summed E-state index contributed by atoms with van der Waals surface area (Å²) in [4.78, 5) is 11.3. The standard InChI is InChI=1S/C9H13F3O6S/c1-16-8(13)7(5-6-3-2-4-17-6)18-19(14,15)9(10,11)12/h6-7H,2-5H2,1H3/t6-,7-/m1/s1. The fraction of sp³-hybridized carbons (Fsp3) is 0.889. The van der Waals surface area contributed by atoms with Crippen molar-refractivity contribution in [1.82, 2.24) is 0 Å². The molecule has 1 fully saturated rings. The highest BCUT2D eigenvalue weighted by atomic mass is 32.2. The number of alkyl halides is 3. The summed E-state index contributed by atoms with van der Waals surface area (Å²) in [6.45, 7) is 0.407. The van der Waals surface area contributed by atoms with Crippen LogP contribution in [0.25, 0.3) is 0 Å². The molecule has 6 nitrogen and oxygen atoms in total. The molecule has 0 aromatic heterocycles. The van der Waals surface area contributed by atoms with Gasteiger partial charge in [-0.25, -0.2) is 8.98 Å². The maximum absolute atomic E-state index is 12.2. The van der Waals surface area contributed by atoms with E-state index in [1.165, 1.54) is 0 Å². The fourth-order valence-corrected chi connectivity index (χ4v) is 2.15. The lowest BCUT2D eigenvalue weighted by molar-refractivity contribution is -0.151. The molecule has 19 heavy (non-hydrogen) atoms. The van der Waals surface area contributed by atoms with Crippen molar-refractivity contribution < 1.29 is 40.0 Å². The van der Waals surface area contributed by atoms with Gasteiger partial charge in [0.05, 0.1) is 13.2 Å². The van der Waals surface area contributed by atoms with E-state index >= 15 is 0 Å². The Bertz CT molecular complexity index is 412. The second-order valence-electron chi connectivity index (χ2n) is 3.88. The van der Waals surface area contributed by atoms with Gasteiger partial charge in [0.1, 0.15) is 0 Å². The topological polar surface area (TPSA) is 78.9 Å². The van der Waals surface area contributed by atoms with E-state index in [2.05, 4.69) is 8.92 Å². The molecule has 0 bridgehead atoms. The maximum Gasteiger partial charge on any atom is 0.523 e. The Balaban J connectivity index is 2.77. The molecule has 0 N–H and O–H groups in total. The predicted molar refractivity (Wildman–Crippen MR) is 55.5 cm³/mol. The molecule has 10 heteroatoms. The highest BCUT2D eigenvalue weighted by molar-refractivity contribution is 7.87. The van der Waals surface area contributed by atoms with Crippen molar-refractivity contribution in [3.05, 3.63) is 0 Å². The van der Waals surface area contributed by atoms with Gasteiger partial charge in [-0.15, -0.1) is 0 Å². The second-order valence-corrected chi connectivity index (χ2v) is 5.44. The number of ether oxygens (including phenoxy) is 2. The Morgan fingerprint density at radius 2 is 2.11 bits per heavy atom. The van der Waals surface area contributed by atoms with E-state index in [9.17, 15) is 26.4 Å². The van der Waals surface area contributed by atoms with Crippen LogP contribution in [0.5, 0.6) is 0 Å². The number of esters is 1. The first-order valence-electron chi connectivity index (χ1n) is 5.36. The van der Waals surface area contributed by atoms with Crippen molar-refractivity contribution >= 4 is 16.1 Å². The van der Waals surface area contributed by atoms with Gasteiger partial charge in [-0.1, -0.05) is 0 Å². The average Bonchev–Trinajstić information content (AvgIpc) is 2.78. The second kappa shape index (κ2) is 6.06. The van der Waals surface area contributed by atoms with Crippen molar-refractivity contribution in [2.45, 2.75) is 37.0 Å². The first-order valence-corrected chi connectivity index (χ1v) is 6.77. The third kappa shape index (κ3) is 4.32. The van der Waals surface area contributed by atoms with E-state index in [1.54, 1.807) is 0 Å². The molecule has 0 aromatic rings. The normalized spacial score (nSPS) is 22.2. The molecular formula is C9H13F3O6S. The number of hydrogen-bond acceptors (Lipinski definition) is 6. The smallest absolute Gasteiger partial charge is 0.467 e. The molecule has 2 atom stereocenters. The number of rotatable bonds is 5. The molecule has 0 spiro atoms. The first-order chi connectivity index (χ1) is 8.67. The van der Waals surface area contributed by atoms with Crippen LogP contribution in [0.3, 0.4) is 0 Å². The Labute approximate surface area is 107 Å². The SMILES string of the molecule is COC(=O)[C@@H](C[C@H]1CCCO1)OS(=O)(=O)C(F)(F)F. The lowest BCUT2D eigenvalue weighted by atomic mass is 10.1. The summed E-state index contributed by atoms with van der Waals surface area (Å²) >= 11 is 0. The van der Waals surface area contributed by atoms with Gasteiger partial charge in [-0.05, 0) is 12.8 Å². The Morgan fingerprint density at radius 3 is 2.53 bits per heavy atom. The number of methoxy groups -OCH3 is 1. The van der Waals surface area contributed by atoms with E-state index in [1.807, 2.05) is 0 Å². The number of hydrogen-bond donors (Lipinski definition) is 0. The molecule has 1 aliphatic rings.